The molecule has 1 aromatic rings. The lowest BCUT2D eigenvalue weighted by atomic mass is 10.1. The zero-order valence-corrected chi connectivity index (χ0v) is 14.0. The number of hydrogen-bond acceptors (Lipinski definition) is 6. The van der Waals surface area contributed by atoms with Crippen molar-refractivity contribution in [1.29, 1.82) is 0 Å². The number of hydrazine groups is 1. The minimum absolute atomic E-state index is 0.536. The van der Waals surface area contributed by atoms with Crippen LogP contribution in [0, 0.1) is 0 Å². The molecule has 0 aromatic carbocycles. The normalized spacial score (nSPS) is 11.5. The summed E-state index contributed by atoms with van der Waals surface area (Å²) in [5, 5.41) is 3.42. The van der Waals surface area contributed by atoms with E-state index in [0.29, 0.717) is 17.9 Å². The van der Waals surface area contributed by atoms with Crippen molar-refractivity contribution < 1.29 is 0 Å². The quantitative estimate of drug-likeness (QED) is 0.479. The van der Waals surface area contributed by atoms with E-state index < -0.39 is 0 Å². The SMILES string of the molecule is CCCc1c(NN)ncnc1NCCN(C(C)C)C(C)C. The maximum Gasteiger partial charge on any atom is 0.148 e. The third kappa shape index (κ3) is 5.13. The summed E-state index contributed by atoms with van der Waals surface area (Å²) < 4.78 is 0. The van der Waals surface area contributed by atoms with Crippen molar-refractivity contribution in [3.63, 3.8) is 0 Å². The zero-order chi connectivity index (χ0) is 15.8. The van der Waals surface area contributed by atoms with Crippen LogP contribution in [0.3, 0.4) is 0 Å². The van der Waals surface area contributed by atoms with Crippen LogP contribution in [-0.2, 0) is 6.42 Å². The van der Waals surface area contributed by atoms with E-state index in [0.717, 1.165) is 37.3 Å². The van der Waals surface area contributed by atoms with Gasteiger partial charge in [0.05, 0.1) is 0 Å². The van der Waals surface area contributed by atoms with E-state index >= 15 is 0 Å². The molecule has 0 fully saturated rings. The fourth-order valence-corrected chi connectivity index (χ4v) is 2.59. The van der Waals surface area contributed by atoms with Gasteiger partial charge in [-0.25, -0.2) is 15.8 Å². The lowest BCUT2D eigenvalue weighted by Gasteiger charge is -2.30. The topological polar surface area (TPSA) is 79.1 Å². The van der Waals surface area contributed by atoms with E-state index in [2.05, 4.69) is 60.2 Å². The molecular weight excluding hydrogens is 264 g/mol. The Balaban J connectivity index is 2.70. The largest absolute Gasteiger partial charge is 0.368 e. The molecule has 0 aliphatic rings. The summed E-state index contributed by atoms with van der Waals surface area (Å²) in [7, 11) is 0. The molecule has 6 nitrogen and oxygen atoms in total. The monoisotopic (exact) mass is 294 g/mol. The van der Waals surface area contributed by atoms with Crippen LogP contribution in [-0.4, -0.2) is 40.0 Å². The zero-order valence-electron chi connectivity index (χ0n) is 14.0. The highest BCUT2D eigenvalue weighted by Crippen LogP contribution is 2.20. The number of anilines is 2. The number of aromatic nitrogens is 2. The summed E-state index contributed by atoms with van der Waals surface area (Å²) in [6.45, 7) is 12.9. The highest BCUT2D eigenvalue weighted by Gasteiger charge is 2.14. The summed E-state index contributed by atoms with van der Waals surface area (Å²) in [6.07, 6.45) is 3.47. The van der Waals surface area contributed by atoms with Crippen molar-refractivity contribution in [1.82, 2.24) is 14.9 Å². The van der Waals surface area contributed by atoms with Crippen molar-refractivity contribution in [2.24, 2.45) is 5.84 Å². The Morgan fingerprint density at radius 1 is 1.14 bits per heavy atom. The fourth-order valence-electron chi connectivity index (χ4n) is 2.59. The van der Waals surface area contributed by atoms with Crippen LogP contribution in [0.15, 0.2) is 6.33 Å². The van der Waals surface area contributed by atoms with Gasteiger partial charge in [-0.3, -0.25) is 4.90 Å². The van der Waals surface area contributed by atoms with Gasteiger partial charge in [0, 0.05) is 30.7 Å². The molecule has 120 valence electrons. The summed E-state index contributed by atoms with van der Waals surface area (Å²) in [4.78, 5) is 11.0. The summed E-state index contributed by atoms with van der Waals surface area (Å²) in [5.74, 6) is 7.12. The number of nitrogens with zero attached hydrogens (tertiary/aromatic N) is 3. The molecular formula is C15H30N6. The van der Waals surface area contributed by atoms with Crippen molar-refractivity contribution in [3.05, 3.63) is 11.9 Å². The predicted molar refractivity (Wildman–Crippen MR) is 89.3 cm³/mol. The Morgan fingerprint density at radius 2 is 1.76 bits per heavy atom. The predicted octanol–water partition coefficient (Wildman–Crippen LogP) is 2.25. The molecule has 0 radical (unpaired) electrons. The van der Waals surface area contributed by atoms with Crippen LogP contribution in [0.5, 0.6) is 0 Å². The molecule has 0 spiro atoms. The van der Waals surface area contributed by atoms with Crippen LogP contribution in [0.4, 0.5) is 11.6 Å². The standard InChI is InChI=1S/C15H30N6/c1-6-7-13-14(18-10-19-15(13)20-16)17-8-9-21(11(2)3)12(4)5/h10-12H,6-9,16H2,1-5H3,(H2,17,18,19,20). The lowest BCUT2D eigenvalue weighted by molar-refractivity contribution is 0.182. The lowest BCUT2D eigenvalue weighted by Crippen LogP contribution is -2.40. The molecule has 0 bridgehead atoms. The van der Waals surface area contributed by atoms with E-state index in [1.165, 1.54) is 0 Å². The molecule has 6 heteroatoms. The molecule has 0 saturated carbocycles. The van der Waals surface area contributed by atoms with Crippen LogP contribution in [0.1, 0.15) is 46.6 Å². The molecule has 0 saturated heterocycles. The maximum absolute atomic E-state index is 5.53. The minimum Gasteiger partial charge on any atom is -0.368 e. The van der Waals surface area contributed by atoms with Gasteiger partial charge in [0.2, 0.25) is 0 Å². The van der Waals surface area contributed by atoms with E-state index in [1.54, 1.807) is 6.33 Å². The highest BCUT2D eigenvalue weighted by molar-refractivity contribution is 5.56. The average Bonchev–Trinajstić information content (AvgIpc) is 2.44. The van der Waals surface area contributed by atoms with Crippen molar-refractivity contribution in [2.45, 2.75) is 59.5 Å². The molecule has 0 aliphatic heterocycles. The van der Waals surface area contributed by atoms with Crippen LogP contribution in [0.25, 0.3) is 0 Å². The van der Waals surface area contributed by atoms with Gasteiger partial charge in [0.1, 0.15) is 18.0 Å². The first-order valence-corrected chi connectivity index (χ1v) is 7.81. The number of nitrogens with one attached hydrogen (secondary N) is 2. The molecule has 1 heterocycles. The van der Waals surface area contributed by atoms with Crippen molar-refractivity contribution in [2.75, 3.05) is 23.8 Å². The van der Waals surface area contributed by atoms with Gasteiger partial charge in [0.15, 0.2) is 0 Å². The third-order valence-electron chi connectivity index (χ3n) is 3.57. The summed E-state index contributed by atoms with van der Waals surface area (Å²) in [6, 6.07) is 1.07. The molecule has 0 atom stereocenters. The minimum atomic E-state index is 0.536. The van der Waals surface area contributed by atoms with Crippen LogP contribution >= 0.6 is 0 Å². The number of hydrogen-bond donors (Lipinski definition) is 3. The molecule has 0 aliphatic carbocycles. The van der Waals surface area contributed by atoms with E-state index in [-0.39, 0.29) is 0 Å². The van der Waals surface area contributed by atoms with Crippen LogP contribution < -0.4 is 16.6 Å². The van der Waals surface area contributed by atoms with E-state index in [9.17, 15) is 0 Å². The summed E-state index contributed by atoms with van der Waals surface area (Å²) in [5.41, 5.74) is 3.71. The maximum atomic E-state index is 5.53. The second-order valence-corrected chi connectivity index (χ2v) is 5.80. The fraction of sp³-hybridized carbons (Fsp3) is 0.733. The third-order valence-corrected chi connectivity index (χ3v) is 3.57. The average molecular weight is 294 g/mol. The van der Waals surface area contributed by atoms with E-state index in [1.807, 2.05) is 0 Å². The Labute approximate surface area is 128 Å². The van der Waals surface area contributed by atoms with Gasteiger partial charge >= 0.3 is 0 Å². The van der Waals surface area contributed by atoms with Gasteiger partial charge in [0.25, 0.3) is 0 Å². The van der Waals surface area contributed by atoms with Crippen LogP contribution in [0.2, 0.25) is 0 Å². The Kier molecular flexibility index (Phi) is 7.39. The van der Waals surface area contributed by atoms with Gasteiger partial charge in [-0.15, -0.1) is 0 Å². The van der Waals surface area contributed by atoms with Gasteiger partial charge in [-0.2, -0.15) is 0 Å². The number of rotatable bonds is 9. The Hall–Kier alpha value is -1.40. The molecule has 1 rings (SSSR count). The smallest absolute Gasteiger partial charge is 0.148 e. The second-order valence-electron chi connectivity index (χ2n) is 5.80. The molecule has 21 heavy (non-hydrogen) atoms. The first-order valence-electron chi connectivity index (χ1n) is 7.81. The number of nitrogen functional groups attached to an aromatic ring is 1. The second kappa shape index (κ2) is 8.79. The van der Waals surface area contributed by atoms with E-state index in [4.69, 9.17) is 5.84 Å². The molecule has 1 aromatic heterocycles. The molecule has 4 N–H and O–H groups in total. The Morgan fingerprint density at radius 3 is 2.29 bits per heavy atom. The molecule has 0 unspecified atom stereocenters. The highest BCUT2D eigenvalue weighted by atomic mass is 15.3. The van der Waals surface area contributed by atoms with Gasteiger partial charge in [-0.1, -0.05) is 13.3 Å². The Bertz CT molecular complexity index is 411. The first kappa shape index (κ1) is 17.7. The number of nitrogens with two attached hydrogens (primary N) is 1. The first-order chi connectivity index (χ1) is 10.0. The molecule has 0 amide bonds. The van der Waals surface area contributed by atoms with Gasteiger partial charge < -0.3 is 10.7 Å². The summed E-state index contributed by atoms with van der Waals surface area (Å²) >= 11 is 0. The van der Waals surface area contributed by atoms with Crippen molar-refractivity contribution >= 4 is 11.6 Å². The van der Waals surface area contributed by atoms with Gasteiger partial charge in [-0.05, 0) is 34.1 Å². The van der Waals surface area contributed by atoms with Crippen molar-refractivity contribution in [3.8, 4) is 0 Å².